The molecule has 2 aliphatic rings. The summed E-state index contributed by atoms with van der Waals surface area (Å²) in [6, 6.07) is 0. The highest BCUT2D eigenvalue weighted by atomic mass is 16.3. The van der Waals surface area contributed by atoms with Crippen LogP contribution in [0.1, 0.15) is 32.6 Å². The van der Waals surface area contributed by atoms with Crippen molar-refractivity contribution < 1.29 is 10.2 Å². The molecule has 2 N–H and O–H groups in total. The monoisotopic (exact) mass is 170 g/mol. The summed E-state index contributed by atoms with van der Waals surface area (Å²) in [7, 11) is 0. The Morgan fingerprint density at radius 2 is 1.67 bits per heavy atom. The topological polar surface area (TPSA) is 40.5 Å². The summed E-state index contributed by atoms with van der Waals surface area (Å²) < 4.78 is 0. The lowest BCUT2D eigenvalue weighted by atomic mass is 9.75. The largest absolute Gasteiger partial charge is 0.390 e. The molecular weight excluding hydrogens is 152 g/mol. The fourth-order valence-electron chi connectivity index (χ4n) is 3.09. The van der Waals surface area contributed by atoms with Crippen molar-refractivity contribution in [2.45, 2.75) is 44.8 Å². The minimum atomic E-state index is -0.452. The third kappa shape index (κ3) is 1.17. The molecule has 0 aromatic heterocycles. The van der Waals surface area contributed by atoms with Gasteiger partial charge in [-0.1, -0.05) is 13.3 Å². The van der Waals surface area contributed by atoms with Gasteiger partial charge in [0.05, 0.1) is 12.2 Å². The van der Waals surface area contributed by atoms with E-state index >= 15 is 0 Å². The summed E-state index contributed by atoms with van der Waals surface area (Å²) in [6.07, 6.45) is 3.52. The Hall–Kier alpha value is -0.0800. The molecule has 2 fully saturated rings. The van der Waals surface area contributed by atoms with Gasteiger partial charge in [0.1, 0.15) is 0 Å². The van der Waals surface area contributed by atoms with E-state index in [1.165, 1.54) is 12.8 Å². The first kappa shape index (κ1) is 8.52. The average Bonchev–Trinajstić information content (AvgIpc) is 2.41. The first-order valence-corrected chi connectivity index (χ1v) is 5.06. The number of rotatable bonds is 0. The van der Waals surface area contributed by atoms with E-state index in [9.17, 15) is 10.2 Å². The molecule has 0 aromatic rings. The van der Waals surface area contributed by atoms with Crippen LogP contribution in [0.3, 0.4) is 0 Å². The summed E-state index contributed by atoms with van der Waals surface area (Å²) in [5.74, 6) is 1.69. The van der Waals surface area contributed by atoms with Crippen LogP contribution in [0.2, 0.25) is 0 Å². The molecule has 5 unspecified atom stereocenters. The Morgan fingerprint density at radius 1 is 1.00 bits per heavy atom. The van der Waals surface area contributed by atoms with Gasteiger partial charge in [0.2, 0.25) is 0 Å². The maximum absolute atomic E-state index is 9.77. The molecule has 2 rings (SSSR count). The first-order chi connectivity index (χ1) is 5.70. The molecule has 0 saturated heterocycles. The molecule has 2 nitrogen and oxygen atoms in total. The van der Waals surface area contributed by atoms with Gasteiger partial charge in [-0.2, -0.15) is 0 Å². The highest BCUT2D eigenvalue weighted by Gasteiger charge is 2.43. The van der Waals surface area contributed by atoms with Crippen LogP contribution in [-0.4, -0.2) is 22.4 Å². The summed E-state index contributed by atoms with van der Waals surface area (Å²) in [5, 5.41) is 19.3. The van der Waals surface area contributed by atoms with Crippen molar-refractivity contribution in [3.8, 4) is 0 Å². The number of hydrogen-bond donors (Lipinski definition) is 2. The second kappa shape index (κ2) is 3.00. The van der Waals surface area contributed by atoms with E-state index < -0.39 is 12.2 Å². The third-order valence-electron chi connectivity index (χ3n) is 3.82. The van der Waals surface area contributed by atoms with Crippen molar-refractivity contribution in [2.24, 2.45) is 17.8 Å². The number of aliphatic hydroxyl groups excluding tert-OH is 2. The predicted octanol–water partition coefficient (Wildman–Crippen LogP) is 1.16. The molecule has 0 aromatic carbocycles. The van der Waals surface area contributed by atoms with Crippen LogP contribution in [-0.2, 0) is 0 Å². The lowest BCUT2D eigenvalue weighted by Crippen LogP contribution is -2.42. The van der Waals surface area contributed by atoms with Crippen LogP contribution in [0.15, 0.2) is 0 Å². The normalized spacial score (nSPS) is 53.8. The zero-order valence-corrected chi connectivity index (χ0v) is 7.61. The van der Waals surface area contributed by atoms with Crippen molar-refractivity contribution >= 4 is 0 Å². The molecule has 0 bridgehead atoms. The van der Waals surface area contributed by atoms with Crippen molar-refractivity contribution in [1.29, 1.82) is 0 Å². The molecule has 0 heterocycles. The zero-order chi connectivity index (χ0) is 8.72. The van der Waals surface area contributed by atoms with E-state index in [4.69, 9.17) is 0 Å². The summed E-state index contributed by atoms with van der Waals surface area (Å²) >= 11 is 0. The van der Waals surface area contributed by atoms with Gasteiger partial charge in [-0.15, -0.1) is 0 Å². The third-order valence-corrected chi connectivity index (χ3v) is 3.82. The summed E-state index contributed by atoms with van der Waals surface area (Å²) in [6.45, 7) is 2.20. The van der Waals surface area contributed by atoms with Gasteiger partial charge in [0.25, 0.3) is 0 Å². The van der Waals surface area contributed by atoms with Gasteiger partial charge < -0.3 is 10.2 Å². The van der Waals surface area contributed by atoms with Gasteiger partial charge in [0.15, 0.2) is 0 Å². The van der Waals surface area contributed by atoms with Crippen molar-refractivity contribution in [3.63, 3.8) is 0 Å². The Balaban J connectivity index is 2.11. The Labute approximate surface area is 73.6 Å². The van der Waals surface area contributed by atoms with Crippen LogP contribution in [0.25, 0.3) is 0 Å². The molecule has 0 spiro atoms. The van der Waals surface area contributed by atoms with Gasteiger partial charge in [-0.05, 0) is 37.0 Å². The molecule has 0 aliphatic heterocycles. The smallest absolute Gasteiger partial charge is 0.0832 e. The Bertz CT molecular complexity index is 169. The lowest BCUT2D eigenvalue weighted by Gasteiger charge is -2.36. The molecule has 70 valence electrons. The number of fused-ring (bicyclic) bond motifs is 1. The molecule has 2 aliphatic carbocycles. The van der Waals surface area contributed by atoms with Gasteiger partial charge in [0, 0.05) is 0 Å². The minimum absolute atomic E-state index is 0.383. The van der Waals surface area contributed by atoms with Crippen molar-refractivity contribution in [2.75, 3.05) is 0 Å². The first-order valence-electron chi connectivity index (χ1n) is 5.06. The van der Waals surface area contributed by atoms with Crippen LogP contribution in [0.5, 0.6) is 0 Å². The number of aliphatic hydroxyl groups is 2. The number of hydrogen-bond acceptors (Lipinski definition) is 2. The lowest BCUT2D eigenvalue weighted by molar-refractivity contribution is -0.0687. The van der Waals surface area contributed by atoms with Gasteiger partial charge in [-0.3, -0.25) is 0 Å². The molecule has 5 atom stereocenters. The van der Waals surface area contributed by atoms with E-state index in [0.29, 0.717) is 17.8 Å². The van der Waals surface area contributed by atoms with Crippen molar-refractivity contribution in [1.82, 2.24) is 0 Å². The van der Waals surface area contributed by atoms with Crippen LogP contribution < -0.4 is 0 Å². The maximum atomic E-state index is 9.77. The Morgan fingerprint density at radius 3 is 2.42 bits per heavy atom. The standard InChI is InChI=1S/C10H18O2/c1-6-2-3-7-4-5-8(11)10(12)9(6)7/h6-12H,2-5H2,1H3. The van der Waals surface area contributed by atoms with E-state index in [1.54, 1.807) is 0 Å². The fourth-order valence-corrected chi connectivity index (χ4v) is 3.09. The minimum Gasteiger partial charge on any atom is -0.390 e. The van der Waals surface area contributed by atoms with Gasteiger partial charge >= 0.3 is 0 Å². The fraction of sp³-hybridized carbons (Fsp3) is 1.00. The van der Waals surface area contributed by atoms with Gasteiger partial charge in [-0.25, -0.2) is 0 Å². The zero-order valence-electron chi connectivity index (χ0n) is 7.61. The highest BCUT2D eigenvalue weighted by molar-refractivity contribution is 4.93. The van der Waals surface area contributed by atoms with Crippen LogP contribution >= 0.6 is 0 Å². The van der Waals surface area contributed by atoms with E-state index in [0.717, 1.165) is 12.8 Å². The maximum Gasteiger partial charge on any atom is 0.0832 e. The van der Waals surface area contributed by atoms with Crippen LogP contribution in [0.4, 0.5) is 0 Å². The molecule has 0 radical (unpaired) electrons. The molecule has 12 heavy (non-hydrogen) atoms. The SMILES string of the molecule is CC1CCC2CCC(O)C(O)C12. The quantitative estimate of drug-likeness (QED) is 0.573. The molecule has 2 heteroatoms. The van der Waals surface area contributed by atoms with E-state index in [2.05, 4.69) is 6.92 Å². The highest BCUT2D eigenvalue weighted by Crippen LogP contribution is 2.45. The van der Waals surface area contributed by atoms with Crippen molar-refractivity contribution in [3.05, 3.63) is 0 Å². The van der Waals surface area contributed by atoms with E-state index in [-0.39, 0.29) is 0 Å². The van der Waals surface area contributed by atoms with Crippen LogP contribution in [0, 0.1) is 17.8 Å². The second-order valence-electron chi connectivity index (χ2n) is 4.53. The summed E-state index contributed by atoms with van der Waals surface area (Å²) in [4.78, 5) is 0. The second-order valence-corrected chi connectivity index (χ2v) is 4.53. The predicted molar refractivity (Wildman–Crippen MR) is 46.6 cm³/mol. The van der Waals surface area contributed by atoms with E-state index in [1.807, 2.05) is 0 Å². The average molecular weight is 170 g/mol. The molecule has 2 saturated carbocycles. The molecule has 0 amide bonds. The Kier molecular flexibility index (Phi) is 2.13. The molecular formula is C10H18O2. The summed E-state index contributed by atoms with van der Waals surface area (Å²) in [5.41, 5.74) is 0.